The highest BCUT2D eigenvalue weighted by atomic mass is 16.1. The van der Waals surface area contributed by atoms with Crippen LogP contribution in [0.4, 0.5) is 0 Å². The fourth-order valence-electron chi connectivity index (χ4n) is 5.16. The number of nitrogens with one attached hydrogen (secondary N) is 1. The van der Waals surface area contributed by atoms with Crippen molar-refractivity contribution in [2.45, 2.75) is 70.9 Å². The van der Waals surface area contributed by atoms with Gasteiger partial charge in [0.15, 0.2) is 5.84 Å². The number of hydrazine groups is 1. The zero-order valence-corrected chi connectivity index (χ0v) is 22.9. The van der Waals surface area contributed by atoms with Crippen molar-refractivity contribution in [3.63, 3.8) is 0 Å². The smallest absolute Gasteiger partial charge is 0.215 e. The minimum Gasteiger partial charge on any atom is -0.382 e. The number of hydrazone groups is 1. The molecule has 8 heteroatoms. The van der Waals surface area contributed by atoms with Crippen molar-refractivity contribution in [3.05, 3.63) is 78.0 Å². The van der Waals surface area contributed by atoms with Gasteiger partial charge in [0.25, 0.3) is 0 Å². The first-order valence-corrected chi connectivity index (χ1v) is 13.7. The molecule has 4 rings (SSSR count). The van der Waals surface area contributed by atoms with Gasteiger partial charge in [-0.3, -0.25) is 19.7 Å². The number of nitrogens with two attached hydrogens (primary N) is 2. The Kier molecular flexibility index (Phi) is 9.44. The summed E-state index contributed by atoms with van der Waals surface area (Å²) < 4.78 is 0. The van der Waals surface area contributed by atoms with Gasteiger partial charge in [0.05, 0.1) is 17.8 Å². The molecule has 0 bridgehead atoms. The second kappa shape index (κ2) is 13.2. The van der Waals surface area contributed by atoms with Crippen LogP contribution in [0.1, 0.15) is 69.9 Å². The lowest BCUT2D eigenvalue weighted by molar-refractivity contribution is -0.115. The van der Waals surface area contributed by atoms with Crippen LogP contribution in [0.2, 0.25) is 0 Å². The Morgan fingerprint density at radius 1 is 1.10 bits per heavy atom. The number of carbonyl (C=O) groups excluding carboxylic acids is 1. The number of aromatic nitrogens is 1. The van der Waals surface area contributed by atoms with Crippen LogP contribution in [-0.4, -0.2) is 33.5 Å². The SMILES string of the molecule is CCCCC(=NC1(C)CCCC1)N(C=O)Cc1ccc(-c2cc(-c3ccccn3)ccc2/C(N)=N/NN)cc1. The maximum absolute atomic E-state index is 12.2. The Hall–Kier alpha value is -4.04. The molecule has 0 spiro atoms. The number of amides is 1. The molecule has 1 aromatic heterocycles. The lowest BCUT2D eigenvalue weighted by Gasteiger charge is -2.26. The van der Waals surface area contributed by atoms with Crippen molar-refractivity contribution < 1.29 is 4.79 Å². The molecule has 39 heavy (non-hydrogen) atoms. The standard InChI is InChI=1S/C31H39N7O/c1-3-4-10-29(35-31(2)17-6-7-18-31)38(22-39)21-23-11-13-24(14-12-23)27-20-25(28-9-5-8-19-34-28)15-16-26(27)30(32)36-37-33/h5,8-9,11-16,19-20,22,37H,3-4,6-7,10,17-18,21,33H2,1-2H3,(H2,32,36). The number of carbonyl (C=O) groups is 1. The van der Waals surface area contributed by atoms with Crippen LogP contribution in [0.5, 0.6) is 0 Å². The number of amidine groups is 2. The summed E-state index contributed by atoms with van der Waals surface area (Å²) in [7, 11) is 0. The number of rotatable bonds is 11. The molecule has 0 unspecified atom stereocenters. The van der Waals surface area contributed by atoms with Crippen molar-refractivity contribution in [1.29, 1.82) is 0 Å². The summed E-state index contributed by atoms with van der Waals surface area (Å²) in [6.07, 6.45) is 10.1. The average molecular weight is 526 g/mol. The fourth-order valence-corrected chi connectivity index (χ4v) is 5.16. The predicted molar refractivity (Wildman–Crippen MR) is 159 cm³/mol. The summed E-state index contributed by atoms with van der Waals surface area (Å²) in [5, 5.41) is 3.99. The van der Waals surface area contributed by atoms with E-state index in [-0.39, 0.29) is 11.4 Å². The van der Waals surface area contributed by atoms with Crippen LogP contribution < -0.4 is 17.1 Å². The summed E-state index contributed by atoms with van der Waals surface area (Å²) in [6, 6.07) is 20.0. The van der Waals surface area contributed by atoms with Gasteiger partial charge in [-0.2, -0.15) is 0 Å². The molecule has 0 atom stereocenters. The number of pyridine rings is 1. The second-order valence-corrected chi connectivity index (χ2v) is 10.4. The van der Waals surface area contributed by atoms with Crippen LogP contribution in [0.15, 0.2) is 77.0 Å². The first-order chi connectivity index (χ1) is 19.0. The van der Waals surface area contributed by atoms with E-state index in [4.69, 9.17) is 16.6 Å². The number of benzene rings is 2. The number of hydrogen-bond donors (Lipinski definition) is 3. The molecule has 8 nitrogen and oxygen atoms in total. The van der Waals surface area contributed by atoms with Crippen LogP contribution in [-0.2, 0) is 11.3 Å². The second-order valence-electron chi connectivity index (χ2n) is 10.4. The van der Waals surface area contributed by atoms with Crippen molar-refractivity contribution in [2.24, 2.45) is 21.7 Å². The zero-order valence-electron chi connectivity index (χ0n) is 22.9. The number of nitrogens with zero attached hydrogens (tertiary/aromatic N) is 4. The molecule has 1 fully saturated rings. The lowest BCUT2D eigenvalue weighted by atomic mass is 9.94. The zero-order chi connectivity index (χ0) is 27.7. The monoisotopic (exact) mass is 525 g/mol. The molecule has 204 valence electrons. The van der Waals surface area contributed by atoms with Gasteiger partial charge in [0.1, 0.15) is 5.84 Å². The number of aliphatic imine (C=N–C) groups is 1. The third-order valence-electron chi connectivity index (χ3n) is 7.35. The van der Waals surface area contributed by atoms with Crippen molar-refractivity contribution in [3.8, 4) is 22.4 Å². The van der Waals surface area contributed by atoms with Gasteiger partial charge >= 0.3 is 0 Å². The average Bonchev–Trinajstić information content (AvgIpc) is 3.40. The topological polar surface area (TPSA) is 122 Å². The van der Waals surface area contributed by atoms with E-state index in [0.29, 0.717) is 6.54 Å². The molecule has 1 saturated carbocycles. The highest BCUT2D eigenvalue weighted by Gasteiger charge is 2.29. The first kappa shape index (κ1) is 28.0. The Morgan fingerprint density at radius 3 is 2.49 bits per heavy atom. The number of unbranched alkanes of at least 4 members (excludes halogenated alkanes) is 1. The third-order valence-corrected chi connectivity index (χ3v) is 7.35. The summed E-state index contributed by atoms with van der Waals surface area (Å²) in [5.74, 6) is 6.58. The van der Waals surface area contributed by atoms with Crippen LogP contribution >= 0.6 is 0 Å². The van der Waals surface area contributed by atoms with Gasteiger partial charge in [-0.05, 0) is 67.1 Å². The predicted octanol–water partition coefficient (Wildman–Crippen LogP) is 5.38. The first-order valence-electron chi connectivity index (χ1n) is 13.7. The summed E-state index contributed by atoms with van der Waals surface area (Å²) >= 11 is 0. The summed E-state index contributed by atoms with van der Waals surface area (Å²) in [5.41, 5.74) is 13.9. The summed E-state index contributed by atoms with van der Waals surface area (Å²) in [4.78, 5) is 23.6. The van der Waals surface area contributed by atoms with E-state index in [1.165, 1.54) is 12.8 Å². The summed E-state index contributed by atoms with van der Waals surface area (Å²) in [6.45, 7) is 4.86. The molecule has 2 aromatic carbocycles. The van der Waals surface area contributed by atoms with Gasteiger partial charge < -0.3 is 5.73 Å². The van der Waals surface area contributed by atoms with Crippen LogP contribution in [0.3, 0.4) is 0 Å². The highest BCUT2D eigenvalue weighted by molar-refractivity contribution is 6.04. The van der Waals surface area contributed by atoms with Gasteiger partial charge in [-0.1, -0.05) is 62.6 Å². The molecule has 1 heterocycles. The minimum absolute atomic E-state index is 0.0664. The van der Waals surface area contributed by atoms with E-state index in [9.17, 15) is 4.79 Å². The maximum atomic E-state index is 12.2. The van der Waals surface area contributed by atoms with Crippen molar-refractivity contribution >= 4 is 18.1 Å². The van der Waals surface area contributed by atoms with Gasteiger partial charge in [-0.25, -0.2) is 11.4 Å². The molecule has 3 aromatic rings. The minimum atomic E-state index is -0.0664. The van der Waals surface area contributed by atoms with Gasteiger partial charge in [0.2, 0.25) is 6.41 Å². The van der Waals surface area contributed by atoms with E-state index in [0.717, 1.165) is 77.9 Å². The molecular weight excluding hydrogens is 486 g/mol. The largest absolute Gasteiger partial charge is 0.382 e. The third kappa shape index (κ3) is 7.09. The van der Waals surface area contributed by atoms with E-state index in [1.54, 1.807) is 11.1 Å². The highest BCUT2D eigenvalue weighted by Crippen LogP contribution is 2.34. The van der Waals surface area contributed by atoms with Gasteiger partial charge in [-0.15, -0.1) is 5.10 Å². The number of hydrogen-bond acceptors (Lipinski definition) is 6. The Morgan fingerprint density at radius 2 is 1.85 bits per heavy atom. The van der Waals surface area contributed by atoms with Crippen LogP contribution in [0.25, 0.3) is 22.4 Å². The van der Waals surface area contributed by atoms with E-state index in [1.807, 2.05) is 54.6 Å². The Labute approximate surface area is 231 Å². The van der Waals surface area contributed by atoms with Gasteiger partial charge in [0, 0.05) is 23.7 Å². The molecular formula is C31H39N7O. The van der Waals surface area contributed by atoms with E-state index < -0.39 is 0 Å². The molecule has 0 radical (unpaired) electrons. The molecule has 1 amide bonds. The van der Waals surface area contributed by atoms with Crippen molar-refractivity contribution in [2.75, 3.05) is 0 Å². The molecule has 1 aliphatic rings. The molecule has 5 N–H and O–H groups in total. The molecule has 0 aliphatic heterocycles. The van der Waals surface area contributed by atoms with E-state index >= 15 is 0 Å². The Bertz CT molecular complexity index is 1300. The Balaban J connectivity index is 1.63. The lowest BCUT2D eigenvalue weighted by Crippen LogP contribution is -2.32. The fraction of sp³-hybridized carbons (Fsp3) is 0.355. The molecule has 1 aliphatic carbocycles. The van der Waals surface area contributed by atoms with Crippen molar-refractivity contribution in [1.82, 2.24) is 15.4 Å². The normalized spacial score (nSPS) is 15.3. The van der Waals surface area contributed by atoms with E-state index in [2.05, 4.69) is 35.5 Å². The maximum Gasteiger partial charge on any atom is 0.215 e. The molecule has 0 saturated heterocycles. The quantitative estimate of drug-likeness (QED) is 0.102. The van der Waals surface area contributed by atoms with Crippen LogP contribution in [0, 0.1) is 0 Å².